The summed E-state index contributed by atoms with van der Waals surface area (Å²) in [6.45, 7) is 3.40. The first-order chi connectivity index (χ1) is 13.6. The third-order valence-electron chi connectivity index (χ3n) is 5.15. The van der Waals surface area contributed by atoms with Crippen LogP contribution in [0.1, 0.15) is 0 Å². The molecule has 1 fully saturated rings. The van der Waals surface area contributed by atoms with Crippen LogP contribution in [0.5, 0.6) is 0 Å². The molecule has 0 spiro atoms. The Morgan fingerprint density at radius 1 is 1.04 bits per heavy atom. The summed E-state index contributed by atoms with van der Waals surface area (Å²) in [6, 6.07) is 9.22. The zero-order valence-corrected chi connectivity index (χ0v) is 16.0. The highest BCUT2D eigenvalue weighted by atomic mass is 35.5. The number of hydrogen-bond donors (Lipinski definition) is 0. The number of rotatable bonds is 2. The Labute approximate surface area is 165 Å². The molecule has 4 aromatic rings. The fraction of sp³-hybridized carbons (Fsp3) is 0.263. The van der Waals surface area contributed by atoms with Crippen molar-refractivity contribution in [1.82, 2.24) is 29.2 Å². The molecule has 5 rings (SSSR count). The molecule has 1 saturated heterocycles. The number of benzene rings is 1. The Morgan fingerprint density at radius 3 is 2.54 bits per heavy atom. The minimum atomic E-state index is -0.114. The largest absolute Gasteiger partial charge is 0.308 e. The standard InChI is InChI=1S/C19H18ClN7O/c1-24-8-10-25(11-9-24)26-7-6-15-16(18(26)28)17(13-2-4-14(20)5-3-13)27-19(23-15)21-12-22-27/h2-7,12H,8-11H2,1H3. The number of nitrogens with zero attached hydrogens (tertiary/aromatic N) is 7. The smallest absolute Gasteiger partial charge is 0.280 e. The third kappa shape index (κ3) is 2.73. The van der Waals surface area contributed by atoms with Crippen LogP contribution in [0, 0.1) is 0 Å². The van der Waals surface area contributed by atoms with E-state index in [-0.39, 0.29) is 5.56 Å². The first kappa shape index (κ1) is 17.2. The molecule has 0 unspecified atom stereocenters. The minimum absolute atomic E-state index is 0.114. The van der Waals surface area contributed by atoms with Gasteiger partial charge < -0.3 is 9.91 Å². The van der Waals surface area contributed by atoms with Gasteiger partial charge in [0.05, 0.1) is 16.6 Å². The Kier molecular flexibility index (Phi) is 4.03. The highest BCUT2D eigenvalue weighted by Gasteiger charge is 2.20. The quantitative estimate of drug-likeness (QED) is 0.514. The van der Waals surface area contributed by atoms with Crippen LogP contribution in [-0.4, -0.2) is 62.4 Å². The van der Waals surface area contributed by atoms with Crippen LogP contribution < -0.4 is 10.6 Å². The summed E-state index contributed by atoms with van der Waals surface area (Å²) in [6.07, 6.45) is 3.24. The van der Waals surface area contributed by atoms with E-state index in [2.05, 4.69) is 32.0 Å². The van der Waals surface area contributed by atoms with E-state index in [4.69, 9.17) is 11.6 Å². The van der Waals surface area contributed by atoms with Gasteiger partial charge in [-0.3, -0.25) is 4.79 Å². The molecule has 8 nitrogen and oxygen atoms in total. The van der Waals surface area contributed by atoms with Gasteiger partial charge in [-0.15, -0.1) is 0 Å². The first-order valence-electron chi connectivity index (χ1n) is 9.06. The Balaban J connectivity index is 1.79. The van der Waals surface area contributed by atoms with Gasteiger partial charge in [0.1, 0.15) is 6.33 Å². The monoisotopic (exact) mass is 395 g/mol. The first-order valence-corrected chi connectivity index (χ1v) is 9.44. The number of piperazine rings is 1. The van der Waals surface area contributed by atoms with Gasteiger partial charge >= 0.3 is 0 Å². The van der Waals surface area contributed by atoms with Crippen molar-refractivity contribution in [3.63, 3.8) is 0 Å². The second-order valence-electron chi connectivity index (χ2n) is 6.92. The van der Waals surface area contributed by atoms with Gasteiger partial charge in [0, 0.05) is 43.0 Å². The van der Waals surface area contributed by atoms with Crippen molar-refractivity contribution in [2.45, 2.75) is 0 Å². The molecule has 142 valence electrons. The van der Waals surface area contributed by atoms with Gasteiger partial charge in [-0.2, -0.15) is 14.6 Å². The van der Waals surface area contributed by atoms with Crippen molar-refractivity contribution < 1.29 is 0 Å². The van der Waals surface area contributed by atoms with Crippen molar-refractivity contribution in [2.24, 2.45) is 0 Å². The maximum Gasteiger partial charge on any atom is 0.280 e. The van der Waals surface area contributed by atoms with Crippen LogP contribution in [0.3, 0.4) is 0 Å². The molecule has 1 aliphatic rings. The van der Waals surface area contributed by atoms with Gasteiger partial charge in [0.25, 0.3) is 11.3 Å². The van der Waals surface area contributed by atoms with Crippen molar-refractivity contribution >= 4 is 28.3 Å². The molecule has 0 aliphatic carbocycles. The lowest BCUT2D eigenvalue weighted by molar-refractivity contribution is 0.286. The average molecular weight is 396 g/mol. The number of hydrogen-bond acceptors (Lipinski definition) is 6. The van der Waals surface area contributed by atoms with Crippen LogP contribution in [-0.2, 0) is 0 Å². The number of aromatic nitrogens is 5. The Hall–Kier alpha value is -2.97. The Morgan fingerprint density at radius 2 is 1.79 bits per heavy atom. The molecule has 0 atom stereocenters. The molecule has 4 heterocycles. The van der Waals surface area contributed by atoms with E-state index in [1.807, 2.05) is 18.2 Å². The molecule has 9 heteroatoms. The van der Waals surface area contributed by atoms with E-state index in [1.165, 1.54) is 6.33 Å². The average Bonchev–Trinajstić information content (AvgIpc) is 3.17. The number of fused-ring (bicyclic) bond motifs is 2. The number of likely N-dealkylation sites (N-methyl/N-ethyl adjacent to an activating group) is 1. The minimum Gasteiger partial charge on any atom is -0.308 e. The highest BCUT2D eigenvalue weighted by molar-refractivity contribution is 6.30. The second kappa shape index (κ2) is 6.57. The van der Waals surface area contributed by atoms with Gasteiger partial charge in [-0.1, -0.05) is 23.7 Å². The second-order valence-corrected chi connectivity index (χ2v) is 7.36. The summed E-state index contributed by atoms with van der Waals surface area (Å²) in [7, 11) is 2.09. The van der Waals surface area contributed by atoms with Crippen LogP contribution in [0.15, 0.2) is 47.7 Å². The van der Waals surface area contributed by atoms with E-state index in [0.29, 0.717) is 27.4 Å². The van der Waals surface area contributed by atoms with E-state index in [9.17, 15) is 4.79 Å². The summed E-state index contributed by atoms with van der Waals surface area (Å²) < 4.78 is 3.31. The van der Waals surface area contributed by atoms with E-state index >= 15 is 0 Å². The van der Waals surface area contributed by atoms with Crippen molar-refractivity contribution in [1.29, 1.82) is 0 Å². The molecule has 0 N–H and O–H groups in total. The molecule has 0 radical (unpaired) electrons. The van der Waals surface area contributed by atoms with Crippen molar-refractivity contribution in [2.75, 3.05) is 38.2 Å². The van der Waals surface area contributed by atoms with Crippen molar-refractivity contribution in [3.05, 3.63) is 58.2 Å². The normalized spacial score (nSPS) is 15.6. The maximum atomic E-state index is 13.5. The third-order valence-corrected chi connectivity index (χ3v) is 5.40. The van der Waals surface area contributed by atoms with Gasteiger partial charge in [0.15, 0.2) is 0 Å². The number of pyridine rings is 1. The summed E-state index contributed by atoms with van der Waals surface area (Å²) in [5, 5.41) is 7.52. The predicted octanol–water partition coefficient (Wildman–Crippen LogP) is 1.64. The number of halogens is 1. The van der Waals surface area contributed by atoms with Gasteiger partial charge in [0.2, 0.25) is 0 Å². The van der Waals surface area contributed by atoms with Crippen LogP contribution in [0.4, 0.5) is 0 Å². The summed E-state index contributed by atoms with van der Waals surface area (Å²) in [5.41, 5.74) is 1.99. The fourth-order valence-corrected chi connectivity index (χ4v) is 3.75. The molecule has 0 amide bonds. The molecule has 0 bridgehead atoms. The molecule has 1 aliphatic heterocycles. The summed E-state index contributed by atoms with van der Waals surface area (Å²) >= 11 is 6.06. The van der Waals surface area contributed by atoms with Gasteiger partial charge in [-0.05, 0) is 25.2 Å². The molecular weight excluding hydrogens is 378 g/mol. The van der Waals surface area contributed by atoms with E-state index in [1.54, 1.807) is 27.5 Å². The molecule has 3 aromatic heterocycles. The predicted molar refractivity (Wildman–Crippen MR) is 108 cm³/mol. The summed E-state index contributed by atoms with van der Waals surface area (Å²) in [4.78, 5) is 24.5. The van der Waals surface area contributed by atoms with E-state index < -0.39 is 0 Å². The zero-order chi connectivity index (χ0) is 19.3. The van der Waals surface area contributed by atoms with Gasteiger partial charge in [-0.25, -0.2) is 9.66 Å². The SMILES string of the molecule is CN1CCN(n2ccc3nc4ncnn4c(-c4ccc(Cl)cc4)c3c2=O)CC1. The Bertz CT molecular complexity index is 1220. The van der Waals surface area contributed by atoms with Crippen LogP contribution in [0.25, 0.3) is 27.9 Å². The summed E-state index contributed by atoms with van der Waals surface area (Å²) in [5.74, 6) is 0.453. The maximum absolute atomic E-state index is 13.5. The highest BCUT2D eigenvalue weighted by Crippen LogP contribution is 2.27. The topological polar surface area (TPSA) is 71.6 Å². The van der Waals surface area contributed by atoms with E-state index in [0.717, 1.165) is 31.7 Å². The zero-order valence-electron chi connectivity index (χ0n) is 15.3. The van der Waals surface area contributed by atoms with Crippen molar-refractivity contribution in [3.8, 4) is 11.3 Å². The molecule has 1 aromatic carbocycles. The fourth-order valence-electron chi connectivity index (χ4n) is 3.62. The molecule has 28 heavy (non-hydrogen) atoms. The lowest BCUT2D eigenvalue weighted by Gasteiger charge is -2.34. The lowest BCUT2D eigenvalue weighted by atomic mass is 10.1. The molecule has 0 saturated carbocycles. The van der Waals surface area contributed by atoms with Crippen LogP contribution in [0.2, 0.25) is 5.02 Å². The molecular formula is C19H18ClN7O. The lowest BCUT2D eigenvalue weighted by Crippen LogP contribution is -2.52. The van der Waals surface area contributed by atoms with Crippen LogP contribution >= 0.6 is 11.6 Å².